The summed E-state index contributed by atoms with van der Waals surface area (Å²) in [5, 5.41) is 7.65. The quantitative estimate of drug-likeness (QED) is 0.131. The Bertz CT molecular complexity index is 3690. The molecule has 0 radical (unpaired) electrons. The summed E-state index contributed by atoms with van der Waals surface area (Å²) < 4.78 is 0. The van der Waals surface area contributed by atoms with Crippen molar-refractivity contribution in [2.75, 3.05) is 4.90 Å². The summed E-state index contributed by atoms with van der Waals surface area (Å²) >= 11 is 0. The van der Waals surface area contributed by atoms with E-state index in [4.69, 9.17) is 0 Å². The maximum absolute atomic E-state index is 2.43. The predicted molar refractivity (Wildman–Crippen MR) is 286 cm³/mol. The highest BCUT2D eigenvalue weighted by atomic mass is 15.1. The molecule has 12 aromatic rings. The number of para-hydroxylation sites is 1. The van der Waals surface area contributed by atoms with Crippen LogP contribution in [-0.2, 0) is 0 Å². The molecular formula is C66H45N. The Labute approximate surface area is 392 Å². The Balaban J connectivity index is 0.982. The van der Waals surface area contributed by atoms with Gasteiger partial charge < -0.3 is 4.90 Å². The fourth-order valence-corrected chi connectivity index (χ4v) is 9.80. The summed E-state index contributed by atoms with van der Waals surface area (Å²) in [4.78, 5) is 2.43. The summed E-state index contributed by atoms with van der Waals surface area (Å²) in [6, 6.07) is 99.5. The Hall–Kier alpha value is -8.78. The largest absolute Gasteiger partial charge is 0.310 e. The van der Waals surface area contributed by atoms with E-state index in [9.17, 15) is 0 Å². The van der Waals surface area contributed by atoms with Crippen LogP contribution in [0.15, 0.2) is 273 Å². The van der Waals surface area contributed by atoms with E-state index >= 15 is 0 Å². The summed E-state index contributed by atoms with van der Waals surface area (Å²) in [5.74, 6) is 0. The van der Waals surface area contributed by atoms with E-state index in [2.05, 4.69) is 278 Å². The molecule has 1 nitrogen and oxygen atoms in total. The van der Waals surface area contributed by atoms with E-state index in [1.807, 2.05) is 0 Å². The second-order valence-corrected chi connectivity index (χ2v) is 17.3. The van der Waals surface area contributed by atoms with Crippen molar-refractivity contribution in [3.8, 4) is 66.8 Å². The number of hydrogen-bond donors (Lipinski definition) is 0. The average Bonchev–Trinajstić information content (AvgIpc) is 3.42. The van der Waals surface area contributed by atoms with Crippen molar-refractivity contribution in [1.29, 1.82) is 0 Å². The second-order valence-electron chi connectivity index (χ2n) is 17.3. The van der Waals surface area contributed by atoms with Crippen LogP contribution in [0.5, 0.6) is 0 Å². The number of fused-ring (bicyclic) bond motifs is 5. The van der Waals surface area contributed by atoms with Crippen LogP contribution in [0.3, 0.4) is 0 Å². The fourth-order valence-electron chi connectivity index (χ4n) is 9.80. The molecule has 67 heavy (non-hydrogen) atoms. The van der Waals surface area contributed by atoms with E-state index < -0.39 is 0 Å². The minimum atomic E-state index is 1.08. The normalized spacial score (nSPS) is 11.3. The number of nitrogens with zero attached hydrogens (tertiary/aromatic N) is 1. The molecule has 0 saturated heterocycles. The zero-order valence-electron chi connectivity index (χ0n) is 36.9. The van der Waals surface area contributed by atoms with Gasteiger partial charge in [-0.2, -0.15) is 0 Å². The van der Waals surface area contributed by atoms with Crippen molar-refractivity contribution in [2.45, 2.75) is 0 Å². The van der Waals surface area contributed by atoms with E-state index in [1.54, 1.807) is 0 Å². The molecule has 0 N–H and O–H groups in total. The van der Waals surface area contributed by atoms with Crippen molar-refractivity contribution < 1.29 is 0 Å². The molecule has 0 aromatic heterocycles. The second kappa shape index (κ2) is 17.3. The van der Waals surface area contributed by atoms with Crippen molar-refractivity contribution in [3.63, 3.8) is 0 Å². The van der Waals surface area contributed by atoms with Gasteiger partial charge in [0.15, 0.2) is 0 Å². The Morgan fingerprint density at radius 1 is 0.194 bits per heavy atom. The zero-order chi connectivity index (χ0) is 44.5. The van der Waals surface area contributed by atoms with Gasteiger partial charge in [0.05, 0.1) is 5.69 Å². The van der Waals surface area contributed by atoms with Gasteiger partial charge >= 0.3 is 0 Å². The molecule has 0 aliphatic rings. The van der Waals surface area contributed by atoms with Gasteiger partial charge in [-0.15, -0.1) is 0 Å². The minimum Gasteiger partial charge on any atom is -0.310 e. The smallest absolute Gasteiger partial charge is 0.0540 e. The standard InChI is InChI=1S/C66H45N/c1-4-14-46(15-5-1)49-28-30-54(31-29-49)62-22-12-13-23-66(62)67(59-38-34-50(35-39-59)47-16-6-2-7-17-47)60-43-57(48-18-8-3-9-19-48)42-58(44-60)52-26-24-51(25-27-52)56-33-32-55-37-40-63-61-21-11-10-20-53(61)36-41-64(63)65(55)45-56/h1-45H. The summed E-state index contributed by atoms with van der Waals surface area (Å²) in [6.45, 7) is 0. The molecule has 1 heteroatoms. The van der Waals surface area contributed by atoms with Gasteiger partial charge in [0, 0.05) is 16.9 Å². The summed E-state index contributed by atoms with van der Waals surface area (Å²) in [5.41, 5.74) is 17.4. The van der Waals surface area contributed by atoms with Crippen LogP contribution in [0.4, 0.5) is 17.1 Å². The molecule has 0 bridgehead atoms. The van der Waals surface area contributed by atoms with Crippen molar-refractivity contribution in [1.82, 2.24) is 0 Å². The number of anilines is 3. The van der Waals surface area contributed by atoms with Gasteiger partial charge in [-0.3, -0.25) is 0 Å². The molecule has 0 aliphatic heterocycles. The van der Waals surface area contributed by atoms with Gasteiger partial charge in [-0.25, -0.2) is 0 Å². The predicted octanol–water partition coefficient (Wildman–Crippen LogP) is 18.6. The van der Waals surface area contributed by atoms with Crippen LogP contribution in [0, 0.1) is 0 Å². The van der Waals surface area contributed by atoms with Crippen LogP contribution in [-0.4, -0.2) is 0 Å². The third kappa shape index (κ3) is 7.73. The van der Waals surface area contributed by atoms with E-state index in [1.165, 1.54) is 71.3 Å². The topological polar surface area (TPSA) is 3.24 Å². The fraction of sp³-hybridized carbons (Fsp3) is 0. The van der Waals surface area contributed by atoms with Crippen molar-refractivity contribution in [2.24, 2.45) is 0 Å². The monoisotopic (exact) mass is 851 g/mol. The summed E-state index contributed by atoms with van der Waals surface area (Å²) in [7, 11) is 0. The maximum atomic E-state index is 2.43. The van der Waals surface area contributed by atoms with Crippen molar-refractivity contribution >= 4 is 49.4 Å². The molecule has 0 atom stereocenters. The molecule has 0 fully saturated rings. The highest BCUT2D eigenvalue weighted by Gasteiger charge is 2.20. The SMILES string of the molecule is c1ccc(-c2ccc(-c3ccccc3N(c3ccc(-c4ccccc4)cc3)c3cc(-c4ccccc4)cc(-c4ccc(-c5ccc6ccc7c8ccccc8ccc7c6c5)cc4)c3)cc2)cc1. The lowest BCUT2D eigenvalue weighted by molar-refractivity contribution is 1.28. The number of hydrogen-bond acceptors (Lipinski definition) is 1. The number of rotatable bonds is 9. The molecule has 0 heterocycles. The molecule has 12 rings (SSSR count). The Morgan fingerprint density at radius 3 is 1.21 bits per heavy atom. The van der Waals surface area contributed by atoms with Crippen LogP contribution in [0.25, 0.3) is 99.1 Å². The van der Waals surface area contributed by atoms with Crippen LogP contribution in [0.1, 0.15) is 0 Å². The average molecular weight is 852 g/mol. The molecular weight excluding hydrogens is 807 g/mol. The first-order valence-corrected chi connectivity index (χ1v) is 23.1. The molecule has 0 unspecified atom stereocenters. The van der Waals surface area contributed by atoms with Gasteiger partial charge in [0.25, 0.3) is 0 Å². The highest BCUT2D eigenvalue weighted by molar-refractivity contribution is 6.17. The Kier molecular flexibility index (Phi) is 10.3. The first-order chi connectivity index (χ1) is 33.2. The van der Waals surface area contributed by atoms with Gasteiger partial charge in [-0.1, -0.05) is 231 Å². The van der Waals surface area contributed by atoms with E-state index in [0.717, 1.165) is 44.9 Å². The molecule has 0 saturated carbocycles. The van der Waals surface area contributed by atoms with Crippen LogP contribution >= 0.6 is 0 Å². The third-order valence-corrected chi connectivity index (χ3v) is 13.3. The number of benzene rings is 12. The first kappa shape index (κ1) is 39.8. The molecule has 0 spiro atoms. The maximum Gasteiger partial charge on any atom is 0.0540 e. The molecule has 0 amide bonds. The molecule has 314 valence electrons. The lowest BCUT2D eigenvalue weighted by atomic mass is 9.93. The molecule has 12 aromatic carbocycles. The first-order valence-electron chi connectivity index (χ1n) is 23.1. The highest BCUT2D eigenvalue weighted by Crippen LogP contribution is 2.45. The zero-order valence-corrected chi connectivity index (χ0v) is 36.9. The van der Waals surface area contributed by atoms with E-state index in [-0.39, 0.29) is 0 Å². The van der Waals surface area contributed by atoms with Gasteiger partial charge in [0.1, 0.15) is 0 Å². The van der Waals surface area contributed by atoms with E-state index in [0.29, 0.717) is 0 Å². The lowest BCUT2D eigenvalue weighted by Gasteiger charge is -2.29. The van der Waals surface area contributed by atoms with Crippen LogP contribution < -0.4 is 4.90 Å². The third-order valence-electron chi connectivity index (χ3n) is 13.3. The van der Waals surface area contributed by atoms with Crippen LogP contribution in [0.2, 0.25) is 0 Å². The Morgan fingerprint density at radius 2 is 0.597 bits per heavy atom. The lowest BCUT2D eigenvalue weighted by Crippen LogP contribution is -2.11. The minimum absolute atomic E-state index is 1.08. The van der Waals surface area contributed by atoms with Gasteiger partial charge in [0.2, 0.25) is 0 Å². The molecule has 0 aliphatic carbocycles. The van der Waals surface area contributed by atoms with Crippen molar-refractivity contribution in [3.05, 3.63) is 273 Å². The summed E-state index contributed by atoms with van der Waals surface area (Å²) in [6.07, 6.45) is 0. The van der Waals surface area contributed by atoms with Gasteiger partial charge in [-0.05, 0) is 136 Å².